The predicted octanol–water partition coefficient (Wildman–Crippen LogP) is 4.10. The summed E-state index contributed by atoms with van der Waals surface area (Å²) >= 11 is 0. The Labute approximate surface area is 138 Å². The van der Waals surface area contributed by atoms with Crippen molar-refractivity contribution >= 4 is 11.8 Å². The van der Waals surface area contributed by atoms with Gasteiger partial charge < -0.3 is 10.2 Å². The summed E-state index contributed by atoms with van der Waals surface area (Å²) in [5.41, 5.74) is -0.207. The lowest BCUT2D eigenvalue weighted by Gasteiger charge is -2.61. The molecule has 0 aliphatic heterocycles. The smallest absolute Gasteiger partial charge is 0.309 e. The number of allylic oxidation sites excluding steroid dienone is 1. The number of hydrogen-bond acceptors (Lipinski definition) is 3. The molecule has 3 rings (SSSR count). The summed E-state index contributed by atoms with van der Waals surface area (Å²) in [4.78, 5) is 23.9. The zero-order valence-corrected chi connectivity index (χ0v) is 14.4. The number of ketones is 1. The van der Waals surface area contributed by atoms with Crippen molar-refractivity contribution < 1.29 is 19.8 Å². The summed E-state index contributed by atoms with van der Waals surface area (Å²) in [6.45, 7) is 6.31. The lowest BCUT2D eigenvalue weighted by Crippen LogP contribution is -2.56. The topological polar surface area (TPSA) is 74.6 Å². The van der Waals surface area contributed by atoms with Gasteiger partial charge in [-0.25, -0.2) is 0 Å². The summed E-state index contributed by atoms with van der Waals surface area (Å²) < 4.78 is 0. The number of Topliss-reactive ketones (excluding diaryl/α,β-unsaturated/α-hetero) is 1. The van der Waals surface area contributed by atoms with E-state index >= 15 is 0 Å². The van der Waals surface area contributed by atoms with Gasteiger partial charge in [-0.15, -0.1) is 0 Å². The van der Waals surface area contributed by atoms with Crippen molar-refractivity contribution in [2.75, 3.05) is 0 Å². The van der Waals surface area contributed by atoms with Gasteiger partial charge in [0.05, 0.1) is 11.7 Å². The average Bonchev–Trinajstić information content (AvgIpc) is 2.48. The van der Waals surface area contributed by atoms with E-state index in [0.29, 0.717) is 30.3 Å². The van der Waals surface area contributed by atoms with Gasteiger partial charge in [0.1, 0.15) is 0 Å². The molecule has 0 aromatic rings. The van der Waals surface area contributed by atoms with Gasteiger partial charge in [-0.05, 0) is 62.7 Å². The van der Waals surface area contributed by atoms with Crippen LogP contribution in [-0.2, 0) is 9.59 Å². The summed E-state index contributed by atoms with van der Waals surface area (Å²) in [5.74, 6) is 0.147. The number of carboxylic acids is 1. The number of aliphatic hydroxyl groups excluding tert-OH is 1. The second-order valence-corrected chi connectivity index (χ2v) is 8.79. The number of hydrogen-bond donors (Lipinski definition) is 2. The van der Waals surface area contributed by atoms with Crippen LogP contribution in [0.2, 0.25) is 0 Å². The minimum absolute atomic E-state index is 0.0664. The number of carbonyl (C=O) groups is 2. The fourth-order valence-corrected chi connectivity index (χ4v) is 6.01. The maximum atomic E-state index is 12.2. The van der Waals surface area contributed by atoms with Gasteiger partial charge in [0.25, 0.3) is 0 Å². The molecule has 0 unspecified atom stereocenters. The molecule has 0 amide bonds. The zero-order chi connectivity index (χ0) is 17.0. The van der Waals surface area contributed by atoms with Crippen molar-refractivity contribution in [3.05, 3.63) is 11.8 Å². The minimum Gasteiger partial charge on any atom is -0.515 e. The van der Waals surface area contributed by atoms with E-state index < -0.39 is 11.4 Å². The Balaban J connectivity index is 1.96. The summed E-state index contributed by atoms with van der Waals surface area (Å²) in [5, 5.41) is 19.2. The molecule has 0 aromatic heterocycles. The van der Waals surface area contributed by atoms with Gasteiger partial charge in [0.2, 0.25) is 0 Å². The van der Waals surface area contributed by atoms with Crippen LogP contribution >= 0.6 is 0 Å². The quantitative estimate of drug-likeness (QED) is 0.563. The highest BCUT2D eigenvalue weighted by Crippen LogP contribution is 2.66. The molecule has 3 aliphatic rings. The van der Waals surface area contributed by atoms with Gasteiger partial charge in [0.15, 0.2) is 5.78 Å². The number of carbonyl (C=O) groups excluding carboxylic acids is 1. The maximum Gasteiger partial charge on any atom is 0.309 e. The molecule has 0 heterocycles. The van der Waals surface area contributed by atoms with Crippen LogP contribution in [0, 0.1) is 28.1 Å². The molecule has 0 spiro atoms. The van der Waals surface area contributed by atoms with Crippen LogP contribution in [0.3, 0.4) is 0 Å². The molecule has 0 radical (unpaired) electrons. The second kappa shape index (κ2) is 5.09. The monoisotopic (exact) mass is 320 g/mol. The molecule has 4 nitrogen and oxygen atoms in total. The molecular formula is C19H28O4. The molecule has 0 aromatic carbocycles. The highest BCUT2D eigenvalue weighted by molar-refractivity contribution is 5.97. The largest absolute Gasteiger partial charge is 0.515 e. The predicted molar refractivity (Wildman–Crippen MR) is 87.0 cm³/mol. The van der Waals surface area contributed by atoms with Crippen molar-refractivity contribution in [2.24, 2.45) is 28.1 Å². The Morgan fingerprint density at radius 2 is 1.87 bits per heavy atom. The van der Waals surface area contributed by atoms with Gasteiger partial charge in [-0.3, -0.25) is 9.59 Å². The molecule has 5 atom stereocenters. The van der Waals surface area contributed by atoms with Gasteiger partial charge >= 0.3 is 5.97 Å². The van der Waals surface area contributed by atoms with Gasteiger partial charge in [-0.2, -0.15) is 0 Å². The van der Waals surface area contributed by atoms with E-state index in [4.69, 9.17) is 0 Å². The van der Waals surface area contributed by atoms with E-state index in [9.17, 15) is 19.8 Å². The first-order chi connectivity index (χ1) is 10.7. The molecule has 3 aliphatic carbocycles. The van der Waals surface area contributed by atoms with Gasteiger partial charge in [0, 0.05) is 17.4 Å². The van der Waals surface area contributed by atoms with Crippen LogP contribution in [-0.4, -0.2) is 22.0 Å². The molecule has 3 saturated carbocycles. The number of aliphatic carboxylic acids is 1. The van der Waals surface area contributed by atoms with Crippen molar-refractivity contribution in [3.8, 4) is 0 Å². The number of aliphatic hydroxyl groups is 1. The minimum atomic E-state index is -0.678. The highest BCUT2D eigenvalue weighted by Gasteiger charge is 2.60. The third-order valence-electron chi connectivity index (χ3n) is 7.64. The van der Waals surface area contributed by atoms with Crippen molar-refractivity contribution in [1.82, 2.24) is 0 Å². The van der Waals surface area contributed by atoms with E-state index in [2.05, 4.69) is 13.8 Å². The van der Waals surface area contributed by atoms with Crippen LogP contribution in [0.15, 0.2) is 11.8 Å². The van der Waals surface area contributed by atoms with E-state index in [1.165, 1.54) is 0 Å². The zero-order valence-electron chi connectivity index (χ0n) is 14.4. The second-order valence-electron chi connectivity index (χ2n) is 8.79. The van der Waals surface area contributed by atoms with Crippen LogP contribution in [0.1, 0.15) is 65.7 Å². The number of fused-ring (bicyclic) bond motifs is 3. The van der Waals surface area contributed by atoms with E-state index in [-0.39, 0.29) is 16.6 Å². The SMILES string of the molecule is C[C@]1(C(=O)O)CC[C@@]2(C)[C@@H](CC[C@]3(C)/C(=C/O)C(=O)CC[C@H]23)C1. The Hall–Kier alpha value is -1.32. The van der Waals surface area contributed by atoms with E-state index in [0.717, 1.165) is 38.4 Å². The normalized spacial score (nSPS) is 48.7. The maximum absolute atomic E-state index is 12.2. The van der Waals surface area contributed by atoms with Gasteiger partial charge in [-0.1, -0.05) is 13.8 Å². The molecule has 23 heavy (non-hydrogen) atoms. The molecule has 128 valence electrons. The van der Waals surface area contributed by atoms with Crippen molar-refractivity contribution in [2.45, 2.75) is 65.7 Å². The van der Waals surface area contributed by atoms with Crippen molar-refractivity contribution in [1.29, 1.82) is 0 Å². The number of carboxylic acid groups (broad SMARTS) is 1. The summed E-state index contributed by atoms with van der Waals surface area (Å²) in [7, 11) is 0. The molecule has 0 bridgehead atoms. The van der Waals surface area contributed by atoms with Crippen LogP contribution < -0.4 is 0 Å². The first-order valence-electron chi connectivity index (χ1n) is 8.79. The molecule has 4 heteroatoms. The molecular weight excluding hydrogens is 292 g/mol. The molecule has 2 N–H and O–H groups in total. The third kappa shape index (κ3) is 2.17. The third-order valence-corrected chi connectivity index (χ3v) is 7.64. The Bertz CT molecular complexity index is 580. The first-order valence-corrected chi connectivity index (χ1v) is 8.79. The highest BCUT2D eigenvalue weighted by atomic mass is 16.4. The Morgan fingerprint density at radius 3 is 2.48 bits per heavy atom. The summed E-state index contributed by atoms with van der Waals surface area (Å²) in [6, 6.07) is 0. The Morgan fingerprint density at radius 1 is 1.17 bits per heavy atom. The number of rotatable bonds is 1. The van der Waals surface area contributed by atoms with Crippen LogP contribution in [0.5, 0.6) is 0 Å². The van der Waals surface area contributed by atoms with Crippen LogP contribution in [0.4, 0.5) is 0 Å². The Kier molecular flexibility index (Phi) is 3.66. The lowest BCUT2D eigenvalue weighted by atomic mass is 9.42. The molecule has 0 saturated heterocycles. The standard InChI is InChI=1S/C19H28O4/c1-17(16(22)23)8-9-18(2)12(10-17)6-7-19(3)13(11-20)14(21)4-5-15(18)19/h11-12,15,20H,4-10H2,1-3H3,(H,22,23)/b13-11+/t12-,15+,17-,18-,19+/m0/s1. The lowest BCUT2D eigenvalue weighted by molar-refractivity contribution is -0.161. The molecule has 3 fully saturated rings. The fourth-order valence-electron chi connectivity index (χ4n) is 6.01. The first kappa shape index (κ1) is 16.5. The average molecular weight is 320 g/mol. The van der Waals surface area contributed by atoms with E-state index in [1.807, 2.05) is 6.92 Å². The summed E-state index contributed by atoms with van der Waals surface area (Å²) in [6.07, 6.45) is 6.55. The van der Waals surface area contributed by atoms with E-state index in [1.54, 1.807) is 0 Å². The fraction of sp³-hybridized carbons (Fsp3) is 0.789. The van der Waals surface area contributed by atoms with Crippen molar-refractivity contribution in [3.63, 3.8) is 0 Å². The van der Waals surface area contributed by atoms with Crippen LogP contribution in [0.25, 0.3) is 0 Å².